The molecule has 0 unspecified atom stereocenters. The van der Waals surface area contributed by atoms with Crippen LogP contribution in [0.1, 0.15) is 25.0 Å². The third-order valence-electron chi connectivity index (χ3n) is 3.33. The fourth-order valence-corrected chi connectivity index (χ4v) is 2.07. The van der Waals surface area contributed by atoms with E-state index in [0.29, 0.717) is 13.2 Å². The first kappa shape index (κ1) is 16.0. The second kappa shape index (κ2) is 8.94. The van der Waals surface area contributed by atoms with E-state index >= 15 is 0 Å². The Labute approximate surface area is 117 Å². The predicted molar refractivity (Wildman–Crippen MR) is 80.0 cm³/mol. The Morgan fingerprint density at radius 2 is 1.58 bits per heavy atom. The van der Waals surface area contributed by atoms with E-state index in [0.717, 1.165) is 32.0 Å². The average molecular weight is 265 g/mol. The molecular formula is C16H27NO2. The van der Waals surface area contributed by atoms with Crippen molar-refractivity contribution in [1.29, 1.82) is 0 Å². The summed E-state index contributed by atoms with van der Waals surface area (Å²) < 4.78 is 11.4. The second-order valence-corrected chi connectivity index (χ2v) is 4.71. The van der Waals surface area contributed by atoms with Crippen LogP contribution in [0.15, 0.2) is 18.2 Å². The van der Waals surface area contributed by atoms with Gasteiger partial charge in [0.25, 0.3) is 0 Å². The first-order valence-corrected chi connectivity index (χ1v) is 7.18. The Kier molecular flexibility index (Phi) is 7.53. The van der Waals surface area contributed by atoms with Crippen LogP contribution in [0, 0.1) is 13.8 Å². The third-order valence-corrected chi connectivity index (χ3v) is 3.33. The average Bonchev–Trinajstić information content (AvgIpc) is 2.41. The van der Waals surface area contributed by atoms with Gasteiger partial charge in [-0.2, -0.15) is 0 Å². The molecule has 0 aromatic heterocycles. The number of hydrogen-bond donors (Lipinski definition) is 0. The van der Waals surface area contributed by atoms with Gasteiger partial charge in [-0.3, -0.25) is 0 Å². The van der Waals surface area contributed by atoms with Gasteiger partial charge in [-0.1, -0.05) is 32.0 Å². The summed E-state index contributed by atoms with van der Waals surface area (Å²) in [5, 5.41) is 0. The molecule has 0 saturated heterocycles. The predicted octanol–water partition coefficient (Wildman–Crippen LogP) is 3.04. The smallest absolute Gasteiger partial charge is 0.125 e. The number of likely N-dealkylation sites (N-methyl/N-ethyl adjacent to an activating group) is 1. The topological polar surface area (TPSA) is 21.7 Å². The van der Waals surface area contributed by atoms with E-state index in [4.69, 9.17) is 9.47 Å². The molecule has 0 radical (unpaired) electrons. The Morgan fingerprint density at radius 1 is 0.947 bits per heavy atom. The first-order chi connectivity index (χ1) is 9.19. The van der Waals surface area contributed by atoms with Crippen molar-refractivity contribution in [2.75, 3.05) is 39.5 Å². The van der Waals surface area contributed by atoms with Crippen molar-refractivity contribution >= 4 is 0 Å². The molecular weight excluding hydrogens is 238 g/mol. The lowest BCUT2D eigenvalue weighted by Gasteiger charge is -2.17. The van der Waals surface area contributed by atoms with Crippen molar-refractivity contribution in [3.05, 3.63) is 29.3 Å². The lowest BCUT2D eigenvalue weighted by molar-refractivity contribution is 0.0816. The Morgan fingerprint density at radius 3 is 2.16 bits per heavy atom. The van der Waals surface area contributed by atoms with Crippen LogP contribution in [0.4, 0.5) is 0 Å². The van der Waals surface area contributed by atoms with E-state index in [1.54, 1.807) is 0 Å². The Balaban J connectivity index is 2.17. The van der Waals surface area contributed by atoms with Crippen molar-refractivity contribution in [2.45, 2.75) is 27.7 Å². The van der Waals surface area contributed by atoms with Gasteiger partial charge in [0.15, 0.2) is 0 Å². The quantitative estimate of drug-likeness (QED) is 0.641. The molecule has 0 fully saturated rings. The van der Waals surface area contributed by atoms with Gasteiger partial charge in [0, 0.05) is 6.54 Å². The molecule has 1 aromatic rings. The molecule has 0 heterocycles. The van der Waals surface area contributed by atoms with Gasteiger partial charge in [0.05, 0.1) is 13.2 Å². The molecule has 1 rings (SSSR count). The highest BCUT2D eigenvalue weighted by Gasteiger charge is 2.03. The number of nitrogens with zero attached hydrogens (tertiary/aromatic N) is 1. The van der Waals surface area contributed by atoms with Crippen molar-refractivity contribution in [3.63, 3.8) is 0 Å². The van der Waals surface area contributed by atoms with E-state index in [-0.39, 0.29) is 0 Å². The van der Waals surface area contributed by atoms with Gasteiger partial charge >= 0.3 is 0 Å². The zero-order valence-electron chi connectivity index (χ0n) is 12.7. The van der Waals surface area contributed by atoms with Crippen LogP contribution in [-0.4, -0.2) is 44.4 Å². The monoisotopic (exact) mass is 265 g/mol. The van der Waals surface area contributed by atoms with E-state index < -0.39 is 0 Å². The van der Waals surface area contributed by atoms with Crippen LogP contribution in [0.3, 0.4) is 0 Å². The lowest BCUT2D eigenvalue weighted by atomic mass is 10.1. The summed E-state index contributed by atoms with van der Waals surface area (Å²) >= 11 is 0. The van der Waals surface area contributed by atoms with Crippen LogP contribution in [0.25, 0.3) is 0 Å². The summed E-state index contributed by atoms with van der Waals surface area (Å²) in [4.78, 5) is 2.35. The molecule has 0 aliphatic heterocycles. The summed E-state index contributed by atoms with van der Waals surface area (Å²) in [5.74, 6) is 0.995. The van der Waals surface area contributed by atoms with E-state index in [1.165, 1.54) is 11.1 Å². The molecule has 0 aliphatic rings. The number of para-hydroxylation sites is 1. The fourth-order valence-electron chi connectivity index (χ4n) is 2.07. The van der Waals surface area contributed by atoms with Crippen LogP contribution in [0.5, 0.6) is 5.75 Å². The Hall–Kier alpha value is -1.06. The maximum atomic E-state index is 5.79. The fraction of sp³-hybridized carbons (Fsp3) is 0.625. The van der Waals surface area contributed by atoms with E-state index in [2.05, 4.69) is 50.8 Å². The Bertz CT molecular complexity index is 342. The molecule has 0 aliphatic carbocycles. The molecule has 0 bridgehead atoms. The molecule has 0 saturated carbocycles. The zero-order valence-corrected chi connectivity index (χ0v) is 12.7. The molecule has 3 nitrogen and oxygen atoms in total. The summed E-state index contributed by atoms with van der Waals surface area (Å²) in [6.07, 6.45) is 0. The maximum absolute atomic E-state index is 5.79. The minimum absolute atomic E-state index is 0.615. The summed E-state index contributed by atoms with van der Waals surface area (Å²) in [5.41, 5.74) is 2.37. The number of ether oxygens (including phenoxy) is 2. The maximum Gasteiger partial charge on any atom is 0.125 e. The second-order valence-electron chi connectivity index (χ2n) is 4.71. The van der Waals surface area contributed by atoms with Crippen LogP contribution in [0.2, 0.25) is 0 Å². The molecule has 1 aromatic carbocycles. The minimum Gasteiger partial charge on any atom is -0.491 e. The summed E-state index contributed by atoms with van der Waals surface area (Å²) in [7, 11) is 0. The van der Waals surface area contributed by atoms with Crippen LogP contribution >= 0.6 is 0 Å². The van der Waals surface area contributed by atoms with E-state index in [9.17, 15) is 0 Å². The lowest BCUT2D eigenvalue weighted by Crippen LogP contribution is -2.27. The van der Waals surface area contributed by atoms with Gasteiger partial charge in [-0.15, -0.1) is 0 Å². The molecule has 19 heavy (non-hydrogen) atoms. The molecule has 3 heteroatoms. The van der Waals surface area contributed by atoms with Crippen molar-refractivity contribution in [2.24, 2.45) is 0 Å². The van der Waals surface area contributed by atoms with Gasteiger partial charge < -0.3 is 14.4 Å². The van der Waals surface area contributed by atoms with Crippen molar-refractivity contribution in [1.82, 2.24) is 4.90 Å². The van der Waals surface area contributed by atoms with Crippen LogP contribution in [-0.2, 0) is 4.74 Å². The normalized spacial score (nSPS) is 11.0. The third kappa shape index (κ3) is 5.62. The molecule has 0 spiro atoms. The summed E-state index contributed by atoms with van der Waals surface area (Å²) in [6.45, 7) is 13.7. The van der Waals surface area contributed by atoms with Crippen molar-refractivity contribution < 1.29 is 9.47 Å². The van der Waals surface area contributed by atoms with Gasteiger partial charge in [-0.05, 0) is 38.1 Å². The SMILES string of the molecule is CCN(CC)CCOCCOc1c(C)cccc1C. The van der Waals surface area contributed by atoms with Crippen molar-refractivity contribution in [3.8, 4) is 5.75 Å². The summed E-state index contributed by atoms with van der Waals surface area (Å²) in [6, 6.07) is 6.20. The number of benzene rings is 1. The molecule has 108 valence electrons. The largest absolute Gasteiger partial charge is 0.491 e. The van der Waals surface area contributed by atoms with Gasteiger partial charge in [0.1, 0.15) is 12.4 Å². The highest BCUT2D eigenvalue weighted by molar-refractivity contribution is 5.39. The van der Waals surface area contributed by atoms with Gasteiger partial charge in [0.2, 0.25) is 0 Å². The number of aryl methyl sites for hydroxylation is 2. The highest BCUT2D eigenvalue weighted by atomic mass is 16.5. The number of rotatable bonds is 9. The van der Waals surface area contributed by atoms with E-state index in [1.807, 2.05) is 0 Å². The highest BCUT2D eigenvalue weighted by Crippen LogP contribution is 2.21. The molecule has 0 N–H and O–H groups in total. The standard InChI is InChI=1S/C16H27NO2/c1-5-17(6-2)10-11-18-12-13-19-16-14(3)8-7-9-15(16)4/h7-9H,5-6,10-13H2,1-4H3. The first-order valence-electron chi connectivity index (χ1n) is 7.18. The number of hydrogen-bond acceptors (Lipinski definition) is 3. The molecule has 0 atom stereocenters. The van der Waals surface area contributed by atoms with Crippen LogP contribution < -0.4 is 4.74 Å². The zero-order chi connectivity index (χ0) is 14.1. The molecule has 0 amide bonds. The minimum atomic E-state index is 0.615. The van der Waals surface area contributed by atoms with Gasteiger partial charge in [-0.25, -0.2) is 0 Å².